The van der Waals surface area contributed by atoms with Crippen molar-refractivity contribution in [3.05, 3.63) is 40.1 Å². The quantitative estimate of drug-likeness (QED) is 0.568. The lowest BCUT2D eigenvalue weighted by molar-refractivity contribution is -0.383. The fraction of sp³-hybridized carbons (Fsp3) is 0.250. The monoisotopic (exact) mass is 263 g/mol. The predicted molar refractivity (Wildman–Crippen MR) is 68.9 cm³/mol. The van der Waals surface area contributed by atoms with Crippen LogP contribution in [0, 0.1) is 10.1 Å². The van der Waals surface area contributed by atoms with Gasteiger partial charge in [0.15, 0.2) is 0 Å². The average molecular weight is 263 g/mol. The number of aromatic nitrogens is 1. The Labute approximate surface area is 108 Å². The number of fused-ring (bicyclic) bond motifs is 1. The Bertz CT molecular complexity index is 660. The first kappa shape index (κ1) is 13.0. The maximum Gasteiger partial charge on any atom is 0.323 e. The number of aromatic amines is 1. The molecule has 19 heavy (non-hydrogen) atoms. The van der Waals surface area contributed by atoms with Gasteiger partial charge in [-0.25, -0.2) is 0 Å². The summed E-state index contributed by atoms with van der Waals surface area (Å²) in [6.45, 7) is 1.38. The first-order valence-corrected chi connectivity index (χ1v) is 5.58. The Morgan fingerprint density at radius 1 is 1.58 bits per heavy atom. The van der Waals surface area contributed by atoms with Gasteiger partial charge in [-0.3, -0.25) is 14.9 Å². The van der Waals surface area contributed by atoms with Crippen LogP contribution < -0.4 is 5.73 Å². The minimum atomic E-state index is -1.47. The lowest BCUT2D eigenvalue weighted by Crippen LogP contribution is -2.46. The molecule has 0 amide bonds. The Morgan fingerprint density at radius 3 is 2.84 bits per heavy atom. The van der Waals surface area contributed by atoms with E-state index in [0.717, 1.165) is 0 Å². The Kier molecular flexibility index (Phi) is 2.99. The predicted octanol–water partition coefficient (Wildman–Crippen LogP) is 1.42. The van der Waals surface area contributed by atoms with Crippen molar-refractivity contribution in [2.45, 2.75) is 18.9 Å². The largest absolute Gasteiger partial charge is 0.480 e. The molecule has 2 aromatic rings. The average Bonchev–Trinajstić information content (AvgIpc) is 2.71. The number of nitrogens with zero attached hydrogens (tertiary/aromatic N) is 1. The van der Waals surface area contributed by atoms with Crippen LogP contribution in [-0.2, 0) is 11.2 Å². The van der Waals surface area contributed by atoms with Crippen LogP contribution in [0.15, 0.2) is 24.4 Å². The van der Waals surface area contributed by atoms with Crippen LogP contribution in [0.25, 0.3) is 10.9 Å². The summed E-state index contributed by atoms with van der Waals surface area (Å²) in [5.41, 5.74) is 5.26. The molecule has 0 aliphatic rings. The van der Waals surface area contributed by atoms with Crippen molar-refractivity contribution in [1.29, 1.82) is 0 Å². The molecule has 4 N–H and O–H groups in total. The molecule has 0 spiro atoms. The van der Waals surface area contributed by atoms with E-state index in [1.165, 1.54) is 13.0 Å². The van der Waals surface area contributed by atoms with E-state index in [0.29, 0.717) is 16.5 Å². The minimum absolute atomic E-state index is 0.00713. The molecular weight excluding hydrogens is 250 g/mol. The highest BCUT2D eigenvalue weighted by molar-refractivity contribution is 5.92. The number of aliphatic carboxylic acids is 1. The number of hydrogen-bond donors (Lipinski definition) is 3. The number of rotatable bonds is 4. The first-order chi connectivity index (χ1) is 8.83. The van der Waals surface area contributed by atoms with Crippen LogP contribution in [0.1, 0.15) is 12.5 Å². The number of carboxylic acid groups (broad SMARTS) is 1. The fourth-order valence-electron chi connectivity index (χ4n) is 2.00. The molecular formula is C12H13N3O4. The molecule has 0 bridgehead atoms. The smallest absolute Gasteiger partial charge is 0.323 e. The number of nitrogens with two attached hydrogens (primary N) is 1. The second-order valence-corrected chi connectivity index (χ2v) is 4.67. The summed E-state index contributed by atoms with van der Waals surface area (Å²) in [5.74, 6) is -1.15. The number of nitro groups is 1. The first-order valence-electron chi connectivity index (χ1n) is 5.58. The van der Waals surface area contributed by atoms with E-state index in [-0.39, 0.29) is 12.1 Å². The van der Waals surface area contributed by atoms with Crippen LogP contribution in [-0.4, -0.2) is 26.5 Å². The summed E-state index contributed by atoms with van der Waals surface area (Å²) in [5, 5.41) is 20.4. The third-order valence-electron chi connectivity index (χ3n) is 3.01. The van der Waals surface area contributed by atoms with E-state index in [1.807, 2.05) is 0 Å². The minimum Gasteiger partial charge on any atom is -0.480 e. The van der Waals surface area contributed by atoms with Gasteiger partial charge in [-0.2, -0.15) is 0 Å². The highest BCUT2D eigenvalue weighted by Gasteiger charge is 2.30. The molecule has 1 atom stereocenters. The SMILES string of the molecule is CC(N)(Cc1c[nH]c2cccc([N+](=O)[O-])c12)C(=O)O. The normalized spacial score (nSPS) is 14.2. The second-order valence-electron chi connectivity index (χ2n) is 4.67. The molecule has 0 saturated carbocycles. The molecule has 7 nitrogen and oxygen atoms in total. The summed E-state index contributed by atoms with van der Waals surface area (Å²) >= 11 is 0. The fourth-order valence-corrected chi connectivity index (χ4v) is 2.00. The lowest BCUT2D eigenvalue weighted by atomic mass is 9.93. The van der Waals surface area contributed by atoms with Crippen molar-refractivity contribution in [2.24, 2.45) is 5.73 Å². The standard InChI is InChI=1S/C12H13N3O4/c1-12(13,11(16)17)5-7-6-14-8-3-2-4-9(10(7)8)15(18)19/h2-4,6,14H,5,13H2,1H3,(H,16,17). The van der Waals surface area contributed by atoms with E-state index in [4.69, 9.17) is 10.8 Å². The molecule has 0 aliphatic heterocycles. The van der Waals surface area contributed by atoms with Crippen molar-refractivity contribution >= 4 is 22.6 Å². The van der Waals surface area contributed by atoms with E-state index >= 15 is 0 Å². The van der Waals surface area contributed by atoms with E-state index in [2.05, 4.69) is 4.98 Å². The van der Waals surface area contributed by atoms with Gasteiger partial charge in [-0.05, 0) is 18.6 Å². The van der Waals surface area contributed by atoms with E-state index < -0.39 is 16.4 Å². The van der Waals surface area contributed by atoms with Crippen molar-refractivity contribution in [1.82, 2.24) is 4.98 Å². The molecule has 1 aromatic heterocycles. The van der Waals surface area contributed by atoms with Gasteiger partial charge in [0.05, 0.1) is 15.8 Å². The van der Waals surface area contributed by atoms with Gasteiger partial charge in [0, 0.05) is 18.7 Å². The van der Waals surface area contributed by atoms with Crippen molar-refractivity contribution < 1.29 is 14.8 Å². The van der Waals surface area contributed by atoms with Crippen LogP contribution in [0.5, 0.6) is 0 Å². The number of carboxylic acids is 1. The summed E-state index contributed by atoms with van der Waals surface area (Å²) in [6, 6.07) is 4.65. The second kappa shape index (κ2) is 4.36. The highest BCUT2D eigenvalue weighted by atomic mass is 16.6. The van der Waals surface area contributed by atoms with Crippen molar-refractivity contribution in [3.8, 4) is 0 Å². The van der Waals surface area contributed by atoms with Crippen LogP contribution >= 0.6 is 0 Å². The Hall–Kier alpha value is -2.41. The zero-order chi connectivity index (χ0) is 14.2. The zero-order valence-electron chi connectivity index (χ0n) is 10.2. The third kappa shape index (κ3) is 2.27. The molecule has 1 unspecified atom stereocenters. The molecule has 100 valence electrons. The number of H-pyrrole nitrogens is 1. The highest BCUT2D eigenvalue weighted by Crippen LogP contribution is 2.30. The number of carbonyl (C=O) groups is 1. The van der Waals surface area contributed by atoms with E-state index in [1.54, 1.807) is 18.3 Å². The molecule has 2 rings (SSSR count). The van der Waals surface area contributed by atoms with Crippen LogP contribution in [0.2, 0.25) is 0 Å². The Morgan fingerprint density at radius 2 is 2.26 bits per heavy atom. The summed E-state index contributed by atoms with van der Waals surface area (Å²) in [4.78, 5) is 24.4. The topological polar surface area (TPSA) is 122 Å². The van der Waals surface area contributed by atoms with Crippen LogP contribution in [0.4, 0.5) is 5.69 Å². The van der Waals surface area contributed by atoms with Gasteiger partial charge in [-0.15, -0.1) is 0 Å². The van der Waals surface area contributed by atoms with Gasteiger partial charge in [0.1, 0.15) is 5.54 Å². The maximum atomic E-state index is 11.0. The number of non-ortho nitro benzene ring substituents is 1. The molecule has 1 heterocycles. The summed E-state index contributed by atoms with van der Waals surface area (Å²) in [6.07, 6.45) is 1.57. The molecule has 0 radical (unpaired) electrons. The summed E-state index contributed by atoms with van der Waals surface area (Å²) in [7, 11) is 0. The van der Waals surface area contributed by atoms with Gasteiger partial charge >= 0.3 is 5.97 Å². The maximum absolute atomic E-state index is 11.0. The molecule has 1 aromatic carbocycles. The van der Waals surface area contributed by atoms with Gasteiger partial charge in [0.2, 0.25) is 0 Å². The van der Waals surface area contributed by atoms with Gasteiger partial charge in [0.25, 0.3) is 5.69 Å². The Balaban J connectivity index is 2.56. The van der Waals surface area contributed by atoms with Gasteiger partial charge in [-0.1, -0.05) is 6.07 Å². The number of benzene rings is 1. The van der Waals surface area contributed by atoms with E-state index in [9.17, 15) is 14.9 Å². The number of hydrogen-bond acceptors (Lipinski definition) is 4. The molecule has 0 fully saturated rings. The van der Waals surface area contributed by atoms with Crippen LogP contribution in [0.3, 0.4) is 0 Å². The number of nitrogens with one attached hydrogen (secondary N) is 1. The lowest BCUT2D eigenvalue weighted by Gasteiger charge is -2.18. The van der Waals surface area contributed by atoms with Crippen molar-refractivity contribution in [2.75, 3.05) is 0 Å². The summed E-state index contributed by atoms with van der Waals surface area (Å²) < 4.78 is 0. The van der Waals surface area contributed by atoms with Gasteiger partial charge < -0.3 is 15.8 Å². The molecule has 0 aliphatic carbocycles. The van der Waals surface area contributed by atoms with Crippen molar-refractivity contribution in [3.63, 3.8) is 0 Å². The number of nitro benzene ring substituents is 1. The molecule has 7 heteroatoms. The zero-order valence-corrected chi connectivity index (χ0v) is 10.2. The third-order valence-corrected chi connectivity index (χ3v) is 3.01. The molecule has 0 saturated heterocycles.